The van der Waals surface area contributed by atoms with Gasteiger partial charge in [0.2, 0.25) is 0 Å². The van der Waals surface area contributed by atoms with Crippen LogP contribution in [0, 0.1) is 0 Å². The van der Waals surface area contributed by atoms with Gasteiger partial charge in [0, 0.05) is 19.6 Å². The van der Waals surface area contributed by atoms with Gasteiger partial charge in [-0.2, -0.15) is 0 Å². The van der Waals surface area contributed by atoms with Crippen LogP contribution in [0.5, 0.6) is 0 Å². The van der Waals surface area contributed by atoms with Crippen molar-refractivity contribution in [3.05, 3.63) is 24.2 Å². The van der Waals surface area contributed by atoms with E-state index in [0.29, 0.717) is 13.1 Å². The van der Waals surface area contributed by atoms with Crippen molar-refractivity contribution in [3.63, 3.8) is 0 Å². The minimum absolute atomic E-state index is 0. The number of ether oxygens (including phenoxy) is 1. The second-order valence-electron chi connectivity index (χ2n) is 8.27. The highest BCUT2D eigenvalue weighted by Crippen LogP contribution is 2.19. The molecular formula is C20H36IN5O3. The lowest BCUT2D eigenvalue weighted by Crippen LogP contribution is -2.44. The van der Waals surface area contributed by atoms with E-state index in [1.165, 1.54) is 0 Å². The van der Waals surface area contributed by atoms with Crippen molar-refractivity contribution >= 4 is 36.0 Å². The molecule has 1 aromatic heterocycles. The number of amides is 1. The van der Waals surface area contributed by atoms with Crippen LogP contribution in [0.25, 0.3) is 0 Å². The molecule has 2 N–H and O–H groups in total. The van der Waals surface area contributed by atoms with E-state index in [4.69, 9.17) is 14.1 Å². The van der Waals surface area contributed by atoms with Gasteiger partial charge in [-0.25, -0.2) is 4.79 Å². The molecule has 1 fully saturated rings. The van der Waals surface area contributed by atoms with Crippen molar-refractivity contribution in [2.75, 3.05) is 40.3 Å². The molecule has 166 valence electrons. The molecule has 1 aromatic rings. The monoisotopic (exact) mass is 521 g/mol. The maximum Gasteiger partial charge on any atom is 0.407 e. The lowest BCUT2D eigenvalue weighted by Gasteiger charge is -2.25. The number of nitrogens with one attached hydrogen (secondary N) is 2. The fourth-order valence-corrected chi connectivity index (χ4v) is 3.13. The Kier molecular flexibility index (Phi) is 10.2. The van der Waals surface area contributed by atoms with E-state index in [-0.39, 0.29) is 42.2 Å². The lowest BCUT2D eigenvalue weighted by molar-refractivity contribution is 0.0507. The Balaban J connectivity index is 0.00000420. The van der Waals surface area contributed by atoms with Crippen molar-refractivity contribution in [2.24, 2.45) is 4.99 Å². The molecule has 0 spiro atoms. The number of carbonyl (C=O) groups is 1. The molecule has 2 rings (SSSR count). The Morgan fingerprint density at radius 2 is 2.17 bits per heavy atom. The van der Waals surface area contributed by atoms with Gasteiger partial charge in [0.25, 0.3) is 0 Å². The minimum Gasteiger partial charge on any atom is -0.468 e. The summed E-state index contributed by atoms with van der Waals surface area (Å²) in [6, 6.07) is 3.99. The summed E-state index contributed by atoms with van der Waals surface area (Å²) in [5.74, 6) is 1.75. The van der Waals surface area contributed by atoms with E-state index in [0.717, 1.165) is 31.2 Å². The summed E-state index contributed by atoms with van der Waals surface area (Å²) in [7, 11) is 4.04. The molecule has 2 atom stereocenters. The quantitative estimate of drug-likeness (QED) is 0.340. The van der Waals surface area contributed by atoms with Gasteiger partial charge in [-0.3, -0.25) is 9.89 Å². The number of nitrogens with zero attached hydrogens (tertiary/aromatic N) is 3. The highest BCUT2D eigenvalue weighted by atomic mass is 127. The predicted octanol–water partition coefficient (Wildman–Crippen LogP) is 3.06. The third kappa shape index (κ3) is 8.41. The number of alkyl carbamates (subject to hydrolysis) is 1. The summed E-state index contributed by atoms with van der Waals surface area (Å²) in [6.45, 7) is 10.6. The highest BCUT2D eigenvalue weighted by Gasteiger charge is 2.28. The molecule has 0 bridgehead atoms. The smallest absolute Gasteiger partial charge is 0.407 e. The second-order valence-corrected chi connectivity index (χ2v) is 8.27. The minimum atomic E-state index is -0.494. The van der Waals surface area contributed by atoms with Crippen LogP contribution in [-0.2, 0) is 4.74 Å². The predicted molar refractivity (Wildman–Crippen MR) is 126 cm³/mol. The van der Waals surface area contributed by atoms with Crippen molar-refractivity contribution in [1.29, 1.82) is 0 Å². The number of rotatable bonds is 6. The molecule has 0 saturated carbocycles. The summed E-state index contributed by atoms with van der Waals surface area (Å²) < 4.78 is 10.9. The number of hydrogen-bond donors (Lipinski definition) is 2. The van der Waals surface area contributed by atoms with Crippen molar-refractivity contribution in [1.82, 2.24) is 20.4 Å². The van der Waals surface area contributed by atoms with Crippen LogP contribution in [0.3, 0.4) is 0 Å². The zero-order valence-electron chi connectivity index (χ0n) is 18.4. The van der Waals surface area contributed by atoms with Crippen LogP contribution >= 0.6 is 24.0 Å². The molecule has 1 aliphatic heterocycles. The average molecular weight is 521 g/mol. The molecule has 1 saturated heterocycles. The van der Waals surface area contributed by atoms with Gasteiger partial charge in [0.1, 0.15) is 11.4 Å². The molecule has 0 aromatic carbocycles. The number of guanidine groups is 1. The molecule has 0 aliphatic carbocycles. The maximum absolute atomic E-state index is 12.0. The molecule has 29 heavy (non-hydrogen) atoms. The number of halogens is 1. The van der Waals surface area contributed by atoms with Crippen LogP contribution in [0.4, 0.5) is 4.79 Å². The first-order valence-electron chi connectivity index (χ1n) is 9.92. The highest BCUT2D eigenvalue weighted by molar-refractivity contribution is 14.0. The first-order chi connectivity index (χ1) is 13.2. The molecular weight excluding hydrogens is 485 g/mol. The largest absolute Gasteiger partial charge is 0.468 e. The third-order valence-corrected chi connectivity index (χ3v) is 4.45. The molecule has 2 heterocycles. The van der Waals surface area contributed by atoms with Gasteiger partial charge in [-0.1, -0.05) is 0 Å². The van der Waals surface area contributed by atoms with Gasteiger partial charge >= 0.3 is 6.09 Å². The number of likely N-dealkylation sites (N-methyl/N-ethyl adjacent to an activating group) is 1. The summed E-state index contributed by atoms with van der Waals surface area (Å²) in [4.78, 5) is 21.1. The Bertz CT molecular complexity index is 643. The number of likely N-dealkylation sites (tertiary alicyclic amines) is 1. The Morgan fingerprint density at radius 1 is 1.45 bits per heavy atom. The third-order valence-electron chi connectivity index (χ3n) is 4.45. The lowest BCUT2D eigenvalue weighted by atomic mass is 10.2. The topological polar surface area (TPSA) is 82.3 Å². The van der Waals surface area contributed by atoms with Gasteiger partial charge in [0.15, 0.2) is 5.96 Å². The zero-order chi connectivity index (χ0) is 20.7. The van der Waals surface area contributed by atoms with E-state index in [2.05, 4.69) is 27.4 Å². The van der Waals surface area contributed by atoms with Gasteiger partial charge < -0.3 is 24.7 Å². The standard InChI is InChI=1S/C20H35N5O3.HI/c1-7-21-18(22-13-16(24(5)6)17-9-8-12-27-17)25-11-10-15(14-25)23-19(26)28-20(2,3)4;/h8-9,12,15-16H,7,10-11,13-14H2,1-6H3,(H,21,22)(H,23,26);1H. The van der Waals surface area contributed by atoms with Crippen LogP contribution in [0.2, 0.25) is 0 Å². The van der Waals surface area contributed by atoms with Crippen molar-refractivity contribution in [2.45, 2.75) is 51.8 Å². The van der Waals surface area contributed by atoms with Crippen LogP contribution < -0.4 is 10.6 Å². The Morgan fingerprint density at radius 3 is 2.72 bits per heavy atom. The van der Waals surface area contributed by atoms with E-state index in [9.17, 15) is 4.79 Å². The Labute approximate surface area is 191 Å². The second kappa shape index (κ2) is 11.6. The maximum atomic E-state index is 12.0. The molecule has 2 unspecified atom stereocenters. The van der Waals surface area contributed by atoms with Crippen molar-refractivity contribution in [3.8, 4) is 0 Å². The zero-order valence-corrected chi connectivity index (χ0v) is 20.7. The molecule has 1 aliphatic rings. The Hall–Kier alpha value is -1.49. The van der Waals surface area contributed by atoms with Gasteiger partial charge in [-0.15, -0.1) is 24.0 Å². The number of furan rings is 1. The normalized spacial score (nSPS) is 18.4. The first-order valence-corrected chi connectivity index (χ1v) is 9.92. The average Bonchev–Trinajstić information content (AvgIpc) is 3.24. The van der Waals surface area contributed by atoms with Crippen LogP contribution in [0.15, 0.2) is 27.8 Å². The fourth-order valence-electron chi connectivity index (χ4n) is 3.13. The molecule has 9 heteroatoms. The number of aliphatic imine (C=N–C) groups is 1. The summed E-state index contributed by atoms with van der Waals surface area (Å²) >= 11 is 0. The first kappa shape index (κ1) is 25.5. The van der Waals surface area contributed by atoms with Crippen molar-refractivity contribution < 1.29 is 13.9 Å². The molecule has 0 radical (unpaired) electrons. The van der Waals surface area contributed by atoms with Crippen LogP contribution in [-0.4, -0.2) is 73.8 Å². The van der Waals surface area contributed by atoms with Gasteiger partial charge in [0.05, 0.1) is 24.9 Å². The van der Waals surface area contributed by atoms with E-state index < -0.39 is 5.60 Å². The van der Waals surface area contributed by atoms with E-state index in [1.807, 2.05) is 47.0 Å². The number of carbonyl (C=O) groups excluding carboxylic acids is 1. The molecule has 1 amide bonds. The van der Waals surface area contributed by atoms with E-state index >= 15 is 0 Å². The SMILES string of the molecule is CCNC(=NCC(c1ccco1)N(C)C)N1CCC(NC(=O)OC(C)(C)C)C1.I. The van der Waals surface area contributed by atoms with E-state index in [1.54, 1.807) is 6.26 Å². The summed E-state index contributed by atoms with van der Waals surface area (Å²) in [5.41, 5.74) is -0.494. The summed E-state index contributed by atoms with van der Waals surface area (Å²) in [6.07, 6.45) is 2.18. The number of hydrogen-bond acceptors (Lipinski definition) is 5. The fraction of sp³-hybridized carbons (Fsp3) is 0.700. The molecule has 8 nitrogen and oxygen atoms in total. The van der Waals surface area contributed by atoms with Gasteiger partial charge in [-0.05, 0) is 60.3 Å². The van der Waals surface area contributed by atoms with Crippen LogP contribution in [0.1, 0.15) is 45.9 Å². The summed E-state index contributed by atoms with van der Waals surface area (Å²) in [5, 5.41) is 6.32.